The van der Waals surface area contributed by atoms with Crippen LogP contribution >= 0.6 is 11.3 Å². The Balaban J connectivity index is 1.75. The third kappa shape index (κ3) is 2.70. The van der Waals surface area contributed by atoms with Gasteiger partial charge in [-0.1, -0.05) is 0 Å². The highest BCUT2D eigenvalue weighted by Gasteiger charge is 2.23. The minimum Gasteiger partial charge on any atom is -0.320 e. The standard InChI is InChI=1S/C13H12N4O3S/c18-13(15-10-1-4-14-7-11(10)17(19)20)16-5-2-12-9(8-16)3-6-21-12/h1,3-4,6-7H,2,5,8H2,(H,14,15,18). The number of pyridine rings is 1. The first-order chi connectivity index (χ1) is 10.1. The molecule has 0 aliphatic carbocycles. The third-order valence-corrected chi connectivity index (χ3v) is 4.36. The lowest BCUT2D eigenvalue weighted by Crippen LogP contribution is -2.38. The van der Waals surface area contributed by atoms with Crippen molar-refractivity contribution in [2.75, 3.05) is 11.9 Å². The summed E-state index contributed by atoms with van der Waals surface area (Å²) in [7, 11) is 0. The van der Waals surface area contributed by atoms with E-state index in [0.29, 0.717) is 13.1 Å². The Kier molecular flexibility index (Phi) is 3.53. The number of anilines is 1. The van der Waals surface area contributed by atoms with Crippen molar-refractivity contribution >= 4 is 28.7 Å². The molecule has 1 N–H and O–H groups in total. The second-order valence-corrected chi connectivity index (χ2v) is 5.62. The van der Waals surface area contributed by atoms with Crippen LogP contribution < -0.4 is 5.32 Å². The van der Waals surface area contributed by atoms with E-state index < -0.39 is 4.92 Å². The zero-order valence-corrected chi connectivity index (χ0v) is 11.8. The van der Waals surface area contributed by atoms with Crippen LogP contribution in [-0.4, -0.2) is 27.4 Å². The number of nitrogens with zero attached hydrogens (tertiary/aromatic N) is 3. The summed E-state index contributed by atoms with van der Waals surface area (Å²) < 4.78 is 0. The molecule has 0 fully saturated rings. The van der Waals surface area contributed by atoms with Crippen molar-refractivity contribution in [1.82, 2.24) is 9.88 Å². The summed E-state index contributed by atoms with van der Waals surface area (Å²) in [6.45, 7) is 1.14. The van der Waals surface area contributed by atoms with Crippen LogP contribution in [0.5, 0.6) is 0 Å². The van der Waals surface area contributed by atoms with Gasteiger partial charge < -0.3 is 10.2 Å². The average Bonchev–Trinajstić information content (AvgIpc) is 2.94. The van der Waals surface area contributed by atoms with Gasteiger partial charge in [0.1, 0.15) is 11.9 Å². The fourth-order valence-corrected chi connectivity index (χ4v) is 3.14. The van der Waals surface area contributed by atoms with E-state index in [4.69, 9.17) is 0 Å². The molecule has 0 atom stereocenters. The lowest BCUT2D eigenvalue weighted by Gasteiger charge is -2.27. The van der Waals surface area contributed by atoms with Gasteiger partial charge in [-0.2, -0.15) is 0 Å². The number of aromatic nitrogens is 1. The number of rotatable bonds is 2. The number of hydrogen-bond donors (Lipinski definition) is 1. The maximum Gasteiger partial charge on any atom is 0.322 e. The first-order valence-electron chi connectivity index (χ1n) is 6.34. The number of fused-ring (bicyclic) bond motifs is 1. The average molecular weight is 304 g/mol. The summed E-state index contributed by atoms with van der Waals surface area (Å²) in [5, 5.41) is 15.5. The van der Waals surface area contributed by atoms with Crippen LogP contribution in [0.2, 0.25) is 0 Å². The number of thiophene rings is 1. The van der Waals surface area contributed by atoms with Crippen molar-refractivity contribution in [3.63, 3.8) is 0 Å². The van der Waals surface area contributed by atoms with Crippen LogP contribution in [0.25, 0.3) is 0 Å². The van der Waals surface area contributed by atoms with Gasteiger partial charge in [0.05, 0.1) is 4.92 Å². The predicted octanol–water partition coefficient (Wildman–Crippen LogP) is 2.64. The van der Waals surface area contributed by atoms with E-state index in [-0.39, 0.29) is 17.4 Å². The maximum absolute atomic E-state index is 12.2. The van der Waals surface area contributed by atoms with E-state index in [1.807, 2.05) is 11.4 Å². The summed E-state index contributed by atoms with van der Waals surface area (Å²) in [5.74, 6) is 0. The Hall–Kier alpha value is -2.48. The molecule has 3 heterocycles. The predicted molar refractivity (Wildman–Crippen MR) is 78.3 cm³/mol. The van der Waals surface area contributed by atoms with E-state index in [1.54, 1.807) is 16.2 Å². The molecule has 2 amide bonds. The number of nitro groups is 1. The molecule has 7 nitrogen and oxygen atoms in total. The second kappa shape index (κ2) is 5.49. The van der Waals surface area contributed by atoms with Gasteiger partial charge >= 0.3 is 11.7 Å². The highest BCUT2D eigenvalue weighted by molar-refractivity contribution is 7.10. The van der Waals surface area contributed by atoms with Crippen molar-refractivity contribution in [3.8, 4) is 0 Å². The van der Waals surface area contributed by atoms with Gasteiger partial charge in [0.2, 0.25) is 0 Å². The Labute approximate surface area is 124 Å². The molecule has 0 bridgehead atoms. The monoisotopic (exact) mass is 304 g/mol. The number of amides is 2. The molecule has 2 aromatic heterocycles. The Bertz CT molecular complexity index is 700. The molecule has 2 aromatic rings. The summed E-state index contributed by atoms with van der Waals surface area (Å²) >= 11 is 1.69. The van der Waals surface area contributed by atoms with Gasteiger partial charge in [-0.3, -0.25) is 15.1 Å². The topological polar surface area (TPSA) is 88.4 Å². The van der Waals surface area contributed by atoms with Crippen molar-refractivity contribution < 1.29 is 9.72 Å². The maximum atomic E-state index is 12.2. The molecule has 8 heteroatoms. The smallest absolute Gasteiger partial charge is 0.320 e. The first-order valence-corrected chi connectivity index (χ1v) is 7.22. The van der Waals surface area contributed by atoms with Gasteiger partial charge in [0.25, 0.3) is 0 Å². The fraction of sp³-hybridized carbons (Fsp3) is 0.231. The SMILES string of the molecule is O=C(Nc1ccncc1[N+](=O)[O-])N1CCc2sccc2C1. The van der Waals surface area contributed by atoms with Crippen molar-refractivity contribution in [3.05, 3.63) is 50.5 Å². The zero-order valence-electron chi connectivity index (χ0n) is 11.0. The van der Waals surface area contributed by atoms with Gasteiger partial charge in [-0.05, 0) is 29.5 Å². The molecule has 1 aliphatic rings. The highest BCUT2D eigenvalue weighted by Crippen LogP contribution is 2.26. The molecule has 1 aliphatic heterocycles. The van der Waals surface area contributed by atoms with Gasteiger partial charge in [0.15, 0.2) is 0 Å². The molecule has 0 radical (unpaired) electrons. The largest absolute Gasteiger partial charge is 0.322 e. The Morgan fingerprint density at radius 3 is 3.14 bits per heavy atom. The van der Waals surface area contributed by atoms with E-state index in [1.165, 1.54) is 17.1 Å². The quantitative estimate of drug-likeness (QED) is 0.682. The minimum atomic E-state index is -0.560. The molecule has 0 unspecified atom stereocenters. The van der Waals surface area contributed by atoms with Crippen molar-refractivity contribution in [2.24, 2.45) is 0 Å². The lowest BCUT2D eigenvalue weighted by atomic mass is 10.1. The number of carbonyl (C=O) groups is 1. The van der Waals surface area contributed by atoms with Gasteiger partial charge in [0, 0.05) is 24.2 Å². The molecule has 108 valence electrons. The summed E-state index contributed by atoms with van der Waals surface area (Å²) in [4.78, 5) is 29.3. The van der Waals surface area contributed by atoms with Crippen LogP contribution in [0.15, 0.2) is 29.9 Å². The van der Waals surface area contributed by atoms with Gasteiger partial charge in [-0.15, -0.1) is 11.3 Å². The molecule has 0 aromatic carbocycles. The molecule has 0 saturated heterocycles. The second-order valence-electron chi connectivity index (χ2n) is 4.62. The van der Waals surface area contributed by atoms with Gasteiger partial charge in [-0.25, -0.2) is 4.79 Å². The fourth-order valence-electron chi connectivity index (χ4n) is 2.25. The van der Waals surface area contributed by atoms with Crippen LogP contribution in [0.3, 0.4) is 0 Å². The van der Waals surface area contributed by atoms with Crippen LogP contribution in [0, 0.1) is 10.1 Å². The molecular weight excluding hydrogens is 292 g/mol. The lowest BCUT2D eigenvalue weighted by molar-refractivity contribution is -0.384. The van der Waals surface area contributed by atoms with Crippen LogP contribution in [-0.2, 0) is 13.0 Å². The summed E-state index contributed by atoms with van der Waals surface area (Å²) in [5.41, 5.74) is 1.10. The number of hydrogen-bond acceptors (Lipinski definition) is 5. The zero-order chi connectivity index (χ0) is 14.8. The van der Waals surface area contributed by atoms with Crippen molar-refractivity contribution in [2.45, 2.75) is 13.0 Å². The molecule has 0 saturated carbocycles. The Morgan fingerprint density at radius 1 is 1.48 bits per heavy atom. The van der Waals surface area contributed by atoms with E-state index in [9.17, 15) is 14.9 Å². The highest BCUT2D eigenvalue weighted by atomic mass is 32.1. The van der Waals surface area contributed by atoms with E-state index in [2.05, 4.69) is 10.3 Å². The third-order valence-electron chi connectivity index (χ3n) is 3.33. The number of urea groups is 1. The molecule has 21 heavy (non-hydrogen) atoms. The molecule has 3 rings (SSSR count). The van der Waals surface area contributed by atoms with E-state index >= 15 is 0 Å². The van der Waals surface area contributed by atoms with Crippen LogP contribution in [0.1, 0.15) is 10.4 Å². The Morgan fingerprint density at radius 2 is 2.33 bits per heavy atom. The normalized spacial score (nSPS) is 13.6. The first kappa shape index (κ1) is 13.5. The number of nitrogens with one attached hydrogen (secondary N) is 1. The summed E-state index contributed by atoms with van der Waals surface area (Å²) in [6, 6.07) is 3.10. The van der Waals surface area contributed by atoms with Crippen molar-refractivity contribution in [1.29, 1.82) is 0 Å². The summed E-state index contributed by atoms with van der Waals surface area (Å²) in [6.07, 6.45) is 3.36. The van der Waals surface area contributed by atoms with E-state index in [0.717, 1.165) is 18.2 Å². The molecule has 0 spiro atoms. The van der Waals surface area contributed by atoms with Crippen LogP contribution in [0.4, 0.5) is 16.2 Å². The minimum absolute atomic E-state index is 0.163. The number of carbonyl (C=O) groups excluding carboxylic acids is 1. The molecular formula is C13H12N4O3S.